The normalized spacial score (nSPS) is 32.3. The van der Waals surface area contributed by atoms with Crippen LogP contribution in [-0.4, -0.2) is 44.1 Å². The molecule has 3 aliphatic rings. The molecule has 142 valence electrons. The van der Waals surface area contributed by atoms with Crippen LogP contribution in [0.2, 0.25) is 0 Å². The van der Waals surface area contributed by atoms with Gasteiger partial charge in [-0.3, -0.25) is 4.99 Å². The monoisotopic (exact) mass is 355 g/mol. The predicted molar refractivity (Wildman–Crippen MR) is 106 cm³/mol. The van der Waals surface area contributed by atoms with Gasteiger partial charge in [-0.1, -0.05) is 43.2 Å². The molecule has 0 bridgehead atoms. The number of hydrogen-bond acceptors (Lipinski definition) is 2. The van der Waals surface area contributed by atoms with E-state index in [1.165, 1.54) is 50.8 Å². The number of rotatable bonds is 3. The Kier molecular flexibility index (Phi) is 5.78. The Hall–Kier alpha value is -1.55. The highest BCUT2D eigenvalue weighted by Crippen LogP contribution is 2.36. The average molecular weight is 356 g/mol. The van der Waals surface area contributed by atoms with Gasteiger partial charge in [0.05, 0.1) is 6.10 Å². The molecule has 4 atom stereocenters. The molecule has 0 spiro atoms. The molecule has 2 saturated heterocycles. The van der Waals surface area contributed by atoms with E-state index < -0.39 is 0 Å². The average Bonchev–Trinajstić information content (AvgIpc) is 3.13. The zero-order valence-corrected chi connectivity index (χ0v) is 16.1. The molecule has 0 aromatic heterocycles. The van der Waals surface area contributed by atoms with Gasteiger partial charge in [-0.2, -0.15) is 0 Å². The largest absolute Gasteiger partial charge is 0.373 e. The molecule has 4 rings (SSSR count). The summed E-state index contributed by atoms with van der Waals surface area (Å²) in [5.41, 5.74) is 1.31. The molecule has 0 amide bonds. The first-order chi connectivity index (χ1) is 12.8. The molecule has 0 radical (unpaired) electrons. The van der Waals surface area contributed by atoms with Crippen LogP contribution in [0.25, 0.3) is 0 Å². The van der Waals surface area contributed by atoms with Crippen molar-refractivity contribution in [3.8, 4) is 0 Å². The van der Waals surface area contributed by atoms with E-state index in [4.69, 9.17) is 4.74 Å². The van der Waals surface area contributed by atoms with Crippen molar-refractivity contribution < 1.29 is 4.74 Å². The second-order valence-corrected chi connectivity index (χ2v) is 8.24. The van der Waals surface area contributed by atoms with Gasteiger partial charge < -0.3 is 15.0 Å². The van der Waals surface area contributed by atoms with Crippen molar-refractivity contribution in [1.82, 2.24) is 10.2 Å². The van der Waals surface area contributed by atoms with E-state index >= 15 is 0 Å². The summed E-state index contributed by atoms with van der Waals surface area (Å²) in [7, 11) is 1.93. The summed E-state index contributed by atoms with van der Waals surface area (Å²) in [6.07, 6.45) is 8.22. The van der Waals surface area contributed by atoms with E-state index in [0.717, 1.165) is 37.4 Å². The minimum Gasteiger partial charge on any atom is -0.373 e. The number of hydrogen-bond donors (Lipinski definition) is 1. The lowest BCUT2D eigenvalue weighted by atomic mass is 9.82. The number of likely N-dealkylation sites (tertiary alicyclic amines) is 1. The third kappa shape index (κ3) is 3.90. The summed E-state index contributed by atoms with van der Waals surface area (Å²) in [6, 6.07) is 10.7. The first kappa shape index (κ1) is 17.8. The highest BCUT2D eigenvalue weighted by molar-refractivity contribution is 5.80. The Bertz CT molecular complexity index is 589. The highest BCUT2D eigenvalue weighted by atomic mass is 16.5. The van der Waals surface area contributed by atoms with Crippen molar-refractivity contribution in [2.75, 3.05) is 33.3 Å². The van der Waals surface area contributed by atoms with Crippen LogP contribution in [0.1, 0.15) is 50.2 Å². The predicted octanol–water partition coefficient (Wildman–Crippen LogP) is 3.85. The van der Waals surface area contributed by atoms with Crippen molar-refractivity contribution in [1.29, 1.82) is 0 Å². The van der Waals surface area contributed by atoms with Crippen molar-refractivity contribution in [2.24, 2.45) is 22.7 Å². The number of guanidine groups is 1. The fourth-order valence-corrected chi connectivity index (χ4v) is 5.20. The number of nitrogens with one attached hydrogen (secondary N) is 1. The van der Waals surface area contributed by atoms with Gasteiger partial charge >= 0.3 is 0 Å². The minimum absolute atomic E-state index is 0.205. The van der Waals surface area contributed by atoms with Crippen molar-refractivity contribution in [3.63, 3.8) is 0 Å². The fourth-order valence-electron chi connectivity index (χ4n) is 5.20. The number of nitrogens with zero attached hydrogens (tertiary/aromatic N) is 2. The van der Waals surface area contributed by atoms with Crippen LogP contribution in [0, 0.1) is 17.8 Å². The lowest BCUT2D eigenvalue weighted by Crippen LogP contribution is -2.43. The van der Waals surface area contributed by atoms with Gasteiger partial charge in [0, 0.05) is 39.2 Å². The Morgan fingerprint density at radius 3 is 2.50 bits per heavy atom. The van der Waals surface area contributed by atoms with Crippen molar-refractivity contribution in [3.05, 3.63) is 35.9 Å². The van der Waals surface area contributed by atoms with E-state index in [2.05, 4.69) is 45.5 Å². The van der Waals surface area contributed by atoms with Crippen molar-refractivity contribution >= 4 is 5.96 Å². The number of ether oxygens (including phenoxy) is 1. The van der Waals surface area contributed by atoms with Crippen molar-refractivity contribution in [2.45, 2.75) is 44.6 Å². The highest BCUT2D eigenvalue weighted by Gasteiger charge is 2.36. The van der Waals surface area contributed by atoms with E-state index in [-0.39, 0.29) is 6.10 Å². The van der Waals surface area contributed by atoms with E-state index in [1.54, 1.807) is 0 Å². The molecule has 4 unspecified atom stereocenters. The second kappa shape index (κ2) is 8.43. The topological polar surface area (TPSA) is 36.9 Å². The third-order valence-electron chi connectivity index (χ3n) is 6.58. The van der Waals surface area contributed by atoms with Crippen LogP contribution in [0.15, 0.2) is 35.3 Å². The maximum Gasteiger partial charge on any atom is 0.193 e. The van der Waals surface area contributed by atoms with Gasteiger partial charge in [0.2, 0.25) is 0 Å². The van der Waals surface area contributed by atoms with E-state index in [9.17, 15) is 0 Å². The van der Waals surface area contributed by atoms with Gasteiger partial charge in [0.25, 0.3) is 0 Å². The quantitative estimate of drug-likeness (QED) is 0.661. The molecule has 1 aromatic carbocycles. The van der Waals surface area contributed by atoms with Gasteiger partial charge in [-0.25, -0.2) is 0 Å². The van der Waals surface area contributed by atoms with Gasteiger partial charge in [0.1, 0.15) is 0 Å². The third-order valence-corrected chi connectivity index (χ3v) is 6.58. The second-order valence-electron chi connectivity index (χ2n) is 8.24. The standard InChI is InChI=1S/C22H33N3O/c1-23-22(25-15-19-10-5-6-11-20(19)16-25)24-14-18-12-7-13-26-21(18)17-8-3-2-4-9-17/h2-4,8-9,18-21H,5-7,10-16H2,1H3,(H,23,24). The first-order valence-electron chi connectivity index (χ1n) is 10.5. The fraction of sp³-hybridized carbons (Fsp3) is 0.682. The molecule has 4 nitrogen and oxygen atoms in total. The van der Waals surface area contributed by atoms with Gasteiger partial charge in [-0.05, 0) is 43.1 Å². The molecule has 1 aliphatic carbocycles. The molecular formula is C22H33N3O. The van der Waals surface area contributed by atoms with E-state index in [1.807, 2.05) is 7.05 Å². The molecule has 26 heavy (non-hydrogen) atoms. The molecule has 1 saturated carbocycles. The van der Waals surface area contributed by atoms with Gasteiger partial charge in [0.15, 0.2) is 5.96 Å². The zero-order chi connectivity index (χ0) is 17.8. The maximum absolute atomic E-state index is 6.15. The maximum atomic E-state index is 6.15. The molecular weight excluding hydrogens is 322 g/mol. The molecule has 2 aliphatic heterocycles. The Balaban J connectivity index is 1.37. The zero-order valence-electron chi connectivity index (χ0n) is 16.1. The van der Waals surface area contributed by atoms with Gasteiger partial charge in [-0.15, -0.1) is 0 Å². The summed E-state index contributed by atoms with van der Waals surface area (Å²) in [5.74, 6) is 3.37. The van der Waals surface area contributed by atoms with Crippen LogP contribution < -0.4 is 5.32 Å². The molecule has 3 fully saturated rings. The first-order valence-corrected chi connectivity index (χ1v) is 10.5. The number of fused-ring (bicyclic) bond motifs is 1. The van der Waals surface area contributed by atoms with Crippen LogP contribution in [0.4, 0.5) is 0 Å². The molecule has 1 aromatic rings. The SMILES string of the molecule is CN=C(NCC1CCCOC1c1ccccc1)N1CC2CCCCC2C1. The number of benzene rings is 1. The van der Waals surface area contributed by atoms with Crippen LogP contribution in [0.3, 0.4) is 0 Å². The minimum atomic E-state index is 0.205. The number of aliphatic imine (C=N–C) groups is 1. The molecule has 2 heterocycles. The summed E-state index contributed by atoms with van der Waals surface area (Å²) in [5, 5.41) is 3.69. The van der Waals surface area contributed by atoms with Crippen LogP contribution in [0.5, 0.6) is 0 Å². The Morgan fingerprint density at radius 2 is 1.81 bits per heavy atom. The van der Waals surface area contributed by atoms with Crippen LogP contribution in [-0.2, 0) is 4.74 Å². The summed E-state index contributed by atoms with van der Waals surface area (Å²) in [6.45, 7) is 4.19. The Morgan fingerprint density at radius 1 is 1.08 bits per heavy atom. The summed E-state index contributed by atoms with van der Waals surface area (Å²) in [4.78, 5) is 7.10. The summed E-state index contributed by atoms with van der Waals surface area (Å²) < 4.78 is 6.15. The van der Waals surface area contributed by atoms with Crippen LogP contribution >= 0.6 is 0 Å². The van der Waals surface area contributed by atoms with E-state index in [0.29, 0.717) is 5.92 Å². The lowest BCUT2D eigenvalue weighted by molar-refractivity contribution is -0.0266. The molecule has 1 N–H and O–H groups in total. The smallest absolute Gasteiger partial charge is 0.193 e. The molecule has 4 heteroatoms. The Labute approximate surface area is 158 Å². The lowest BCUT2D eigenvalue weighted by Gasteiger charge is -2.33. The summed E-state index contributed by atoms with van der Waals surface area (Å²) >= 11 is 0.